The summed E-state index contributed by atoms with van der Waals surface area (Å²) >= 11 is 1.77. The normalized spacial score (nSPS) is 12.8. The molecule has 2 aromatic carbocycles. The molecule has 1 aromatic heterocycles. The lowest BCUT2D eigenvalue weighted by Gasteiger charge is -2.21. The molecule has 3 aromatic rings. The van der Waals surface area contributed by atoms with Crippen LogP contribution in [-0.2, 0) is 0 Å². The smallest absolute Gasteiger partial charge is 0.0726 e. The van der Waals surface area contributed by atoms with Gasteiger partial charge < -0.3 is 0 Å². The van der Waals surface area contributed by atoms with Crippen molar-refractivity contribution in [2.24, 2.45) is 5.84 Å². The molecule has 2 nitrogen and oxygen atoms in total. The van der Waals surface area contributed by atoms with E-state index in [4.69, 9.17) is 5.84 Å². The number of rotatable bonds is 3. The molecule has 0 saturated heterocycles. The molecular weight excluding hydrogens is 264 g/mol. The number of hydrogen-bond acceptors (Lipinski definition) is 3. The molecule has 0 amide bonds. The second-order valence-corrected chi connectivity index (χ2v) is 5.99. The molecule has 0 spiro atoms. The summed E-state index contributed by atoms with van der Waals surface area (Å²) in [6, 6.07) is 15.0. The van der Waals surface area contributed by atoms with E-state index in [9.17, 15) is 0 Å². The van der Waals surface area contributed by atoms with Crippen molar-refractivity contribution >= 4 is 21.4 Å². The number of nitrogens with one attached hydrogen (secondary N) is 1. The first-order valence-corrected chi connectivity index (χ1v) is 7.58. The highest BCUT2D eigenvalue weighted by Crippen LogP contribution is 2.33. The van der Waals surface area contributed by atoms with Crippen molar-refractivity contribution in [1.29, 1.82) is 0 Å². The molecule has 0 aliphatic carbocycles. The third kappa shape index (κ3) is 2.14. The van der Waals surface area contributed by atoms with Gasteiger partial charge in [-0.2, -0.15) is 0 Å². The Morgan fingerprint density at radius 2 is 1.75 bits per heavy atom. The molecule has 0 bridgehead atoms. The van der Waals surface area contributed by atoms with Gasteiger partial charge in [0.25, 0.3) is 0 Å². The van der Waals surface area contributed by atoms with Crippen molar-refractivity contribution in [3.05, 3.63) is 70.1 Å². The Hall–Kier alpha value is -1.68. The van der Waals surface area contributed by atoms with Crippen LogP contribution in [0.4, 0.5) is 0 Å². The lowest BCUT2D eigenvalue weighted by atomic mass is 9.92. The second-order valence-electron chi connectivity index (χ2n) is 5.08. The number of fused-ring (bicyclic) bond motifs is 1. The number of hydrogen-bond donors (Lipinski definition) is 2. The SMILES string of the molecule is Cc1cccc(C(NN)c2cccc3ccsc23)c1C. The van der Waals surface area contributed by atoms with Gasteiger partial charge in [0.05, 0.1) is 6.04 Å². The van der Waals surface area contributed by atoms with Crippen molar-refractivity contribution in [3.8, 4) is 0 Å². The summed E-state index contributed by atoms with van der Waals surface area (Å²) in [4.78, 5) is 0. The van der Waals surface area contributed by atoms with Crippen LogP contribution >= 0.6 is 11.3 Å². The third-order valence-corrected chi connectivity index (χ3v) is 4.92. The summed E-state index contributed by atoms with van der Waals surface area (Å²) in [5, 5.41) is 3.41. The van der Waals surface area contributed by atoms with Crippen molar-refractivity contribution in [2.75, 3.05) is 0 Å². The topological polar surface area (TPSA) is 38.0 Å². The van der Waals surface area contributed by atoms with Gasteiger partial charge in [0.15, 0.2) is 0 Å². The maximum absolute atomic E-state index is 5.87. The Labute approximate surface area is 123 Å². The second kappa shape index (κ2) is 5.37. The van der Waals surface area contributed by atoms with Crippen LogP contribution in [0, 0.1) is 13.8 Å². The highest BCUT2D eigenvalue weighted by atomic mass is 32.1. The van der Waals surface area contributed by atoms with Crippen LogP contribution < -0.4 is 11.3 Å². The molecule has 1 heterocycles. The summed E-state index contributed by atoms with van der Waals surface area (Å²) in [6.07, 6.45) is 0. The molecule has 1 unspecified atom stereocenters. The maximum atomic E-state index is 5.87. The van der Waals surface area contributed by atoms with Gasteiger partial charge in [-0.15, -0.1) is 11.3 Å². The molecule has 102 valence electrons. The van der Waals surface area contributed by atoms with Crippen molar-refractivity contribution in [3.63, 3.8) is 0 Å². The molecule has 3 rings (SSSR count). The lowest BCUT2D eigenvalue weighted by Crippen LogP contribution is -2.29. The monoisotopic (exact) mass is 282 g/mol. The molecule has 20 heavy (non-hydrogen) atoms. The first kappa shape index (κ1) is 13.3. The predicted molar refractivity (Wildman–Crippen MR) is 86.9 cm³/mol. The Morgan fingerprint density at radius 3 is 2.55 bits per heavy atom. The first-order valence-electron chi connectivity index (χ1n) is 6.70. The molecule has 0 fully saturated rings. The van der Waals surface area contributed by atoms with Crippen LogP contribution in [0.1, 0.15) is 28.3 Å². The maximum Gasteiger partial charge on any atom is 0.0726 e. The Kier molecular flexibility index (Phi) is 3.57. The lowest BCUT2D eigenvalue weighted by molar-refractivity contribution is 0.638. The van der Waals surface area contributed by atoms with Crippen LogP contribution in [0.3, 0.4) is 0 Å². The average Bonchev–Trinajstić information content (AvgIpc) is 2.93. The fraction of sp³-hybridized carbons (Fsp3) is 0.176. The van der Waals surface area contributed by atoms with Crippen LogP contribution in [0.5, 0.6) is 0 Å². The van der Waals surface area contributed by atoms with E-state index in [1.54, 1.807) is 11.3 Å². The minimum atomic E-state index is 0.0252. The molecule has 0 saturated carbocycles. The molecule has 3 heteroatoms. The van der Waals surface area contributed by atoms with E-state index >= 15 is 0 Å². The predicted octanol–water partition coefficient (Wildman–Crippen LogP) is 4.07. The third-order valence-electron chi connectivity index (χ3n) is 3.94. The quantitative estimate of drug-likeness (QED) is 0.561. The largest absolute Gasteiger partial charge is 0.271 e. The van der Waals surface area contributed by atoms with Crippen LogP contribution in [0.15, 0.2) is 47.8 Å². The van der Waals surface area contributed by atoms with Gasteiger partial charge >= 0.3 is 0 Å². The van der Waals surface area contributed by atoms with Gasteiger partial charge in [0.2, 0.25) is 0 Å². The van der Waals surface area contributed by atoms with E-state index < -0.39 is 0 Å². The zero-order valence-corrected chi connectivity index (χ0v) is 12.5. The van der Waals surface area contributed by atoms with E-state index in [-0.39, 0.29) is 6.04 Å². The zero-order valence-electron chi connectivity index (χ0n) is 11.7. The zero-order chi connectivity index (χ0) is 14.1. The minimum Gasteiger partial charge on any atom is -0.271 e. The summed E-state index contributed by atoms with van der Waals surface area (Å²) in [5.74, 6) is 5.87. The van der Waals surface area contributed by atoms with Gasteiger partial charge in [0.1, 0.15) is 0 Å². The van der Waals surface area contributed by atoms with Crippen LogP contribution in [0.25, 0.3) is 10.1 Å². The highest BCUT2D eigenvalue weighted by Gasteiger charge is 2.18. The van der Waals surface area contributed by atoms with Gasteiger partial charge in [-0.3, -0.25) is 5.84 Å². The summed E-state index contributed by atoms with van der Waals surface area (Å²) < 4.78 is 1.30. The number of thiophene rings is 1. The summed E-state index contributed by atoms with van der Waals surface area (Å²) in [5.41, 5.74) is 8.07. The fourth-order valence-corrected chi connectivity index (χ4v) is 3.62. The highest BCUT2D eigenvalue weighted by molar-refractivity contribution is 7.17. The Bertz CT molecular complexity index is 746. The van der Waals surface area contributed by atoms with Gasteiger partial charge in [-0.05, 0) is 52.9 Å². The summed E-state index contributed by atoms with van der Waals surface area (Å²) in [7, 11) is 0. The first-order chi connectivity index (χ1) is 9.72. The van der Waals surface area contributed by atoms with E-state index in [1.807, 2.05) is 0 Å². The standard InChI is InChI=1S/C17H18N2S/c1-11-5-3-7-14(12(11)2)16(19-18)15-8-4-6-13-9-10-20-17(13)15/h3-10,16,19H,18H2,1-2H3. The van der Waals surface area contributed by atoms with Crippen molar-refractivity contribution in [2.45, 2.75) is 19.9 Å². The van der Waals surface area contributed by atoms with E-state index in [0.29, 0.717) is 0 Å². The summed E-state index contributed by atoms with van der Waals surface area (Å²) in [6.45, 7) is 4.29. The van der Waals surface area contributed by atoms with Crippen LogP contribution in [-0.4, -0.2) is 0 Å². The minimum absolute atomic E-state index is 0.0252. The molecule has 3 N–H and O–H groups in total. The molecule has 0 radical (unpaired) electrons. The van der Waals surface area contributed by atoms with Crippen molar-refractivity contribution < 1.29 is 0 Å². The number of aryl methyl sites for hydroxylation is 1. The molecule has 0 aliphatic rings. The van der Waals surface area contributed by atoms with E-state index in [2.05, 4.69) is 67.1 Å². The number of hydrazine groups is 1. The number of nitrogens with two attached hydrogens (primary N) is 1. The van der Waals surface area contributed by atoms with Gasteiger partial charge in [0, 0.05) is 4.70 Å². The van der Waals surface area contributed by atoms with Crippen LogP contribution in [0.2, 0.25) is 0 Å². The Morgan fingerprint density at radius 1 is 1.00 bits per heavy atom. The number of benzene rings is 2. The van der Waals surface area contributed by atoms with E-state index in [1.165, 1.54) is 32.3 Å². The molecule has 1 atom stereocenters. The van der Waals surface area contributed by atoms with E-state index in [0.717, 1.165) is 0 Å². The molecule has 0 aliphatic heterocycles. The molecular formula is C17H18N2S. The van der Waals surface area contributed by atoms with Gasteiger partial charge in [-0.25, -0.2) is 5.43 Å². The van der Waals surface area contributed by atoms with Crippen molar-refractivity contribution in [1.82, 2.24) is 5.43 Å². The van der Waals surface area contributed by atoms with Gasteiger partial charge in [-0.1, -0.05) is 36.4 Å². The Balaban J connectivity index is 2.19. The average molecular weight is 282 g/mol. The fourth-order valence-electron chi connectivity index (χ4n) is 2.68.